The van der Waals surface area contributed by atoms with Gasteiger partial charge >= 0.3 is 0 Å². The number of nitrogens with one attached hydrogen (secondary N) is 1. The Labute approximate surface area is 210 Å². The normalized spacial score (nSPS) is 14.7. The number of hydrogen-bond donors (Lipinski definition) is 1. The summed E-state index contributed by atoms with van der Waals surface area (Å²) in [5.74, 6) is 2.71. The van der Waals surface area contributed by atoms with Crippen LogP contribution in [0.4, 0.5) is 5.69 Å². The maximum atomic E-state index is 6.36. The first kappa shape index (κ1) is 24.0. The maximum absolute atomic E-state index is 6.36. The predicted octanol–water partition coefficient (Wildman–Crippen LogP) is 5.74. The summed E-state index contributed by atoms with van der Waals surface area (Å²) in [7, 11) is 4.91. The Morgan fingerprint density at radius 2 is 1.59 bits per heavy atom. The molecular weight excluding hydrogens is 472 g/mol. The SMILES string of the molecule is COc1cc2c(cc1OC)[C@H](COc1ccccc1OC)N(C(=S)Nc1ccccc1Cl)CC2. The summed E-state index contributed by atoms with van der Waals surface area (Å²) >= 11 is 12.2. The average Bonchev–Trinajstić information content (AvgIpc) is 2.87. The summed E-state index contributed by atoms with van der Waals surface area (Å²) in [6, 6.07) is 19.0. The molecule has 0 amide bonds. The molecule has 0 radical (unpaired) electrons. The zero-order valence-corrected chi connectivity index (χ0v) is 20.9. The zero-order valence-electron chi connectivity index (χ0n) is 19.3. The third-order valence-corrected chi connectivity index (χ3v) is 6.51. The summed E-state index contributed by atoms with van der Waals surface area (Å²) in [5, 5.41) is 4.48. The van der Waals surface area contributed by atoms with Crippen LogP contribution in [0.25, 0.3) is 0 Å². The van der Waals surface area contributed by atoms with E-state index in [9.17, 15) is 0 Å². The molecule has 34 heavy (non-hydrogen) atoms. The highest BCUT2D eigenvalue weighted by Gasteiger charge is 2.32. The maximum Gasteiger partial charge on any atom is 0.174 e. The fourth-order valence-electron chi connectivity index (χ4n) is 4.11. The Hall–Kier alpha value is -3.16. The topological polar surface area (TPSA) is 52.2 Å². The van der Waals surface area contributed by atoms with Gasteiger partial charge in [0.15, 0.2) is 28.1 Å². The molecule has 6 nitrogen and oxygen atoms in total. The minimum absolute atomic E-state index is 0.170. The number of rotatable bonds is 7. The largest absolute Gasteiger partial charge is 0.493 e. The molecule has 1 heterocycles. The van der Waals surface area contributed by atoms with Gasteiger partial charge in [-0.05, 0) is 66.2 Å². The number of thiocarbonyl (C=S) groups is 1. The molecule has 1 aliphatic rings. The van der Waals surface area contributed by atoms with Crippen LogP contribution in [-0.2, 0) is 6.42 Å². The van der Waals surface area contributed by atoms with Crippen molar-refractivity contribution in [2.24, 2.45) is 0 Å². The first-order chi connectivity index (χ1) is 16.5. The van der Waals surface area contributed by atoms with Gasteiger partial charge in [0.25, 0.3) is 0 Å². The van der Waals surface area contributed by atoms with Crippen molar-refractivity contribution in [2.75, 3.05) is 39.8 Å². The third-order valence-electron chi connectivity index (χ3n) is 5.84. The number of methoxy groups -OCH3 is 3. The molecule has 0 saturated heterocycles. The van der Waals surface area contributed by atoms with Crippen LogP contribution in [0.2, 0.25) is 5.02 Å². The Balaban J connectivity index is 1.67. The number of hydrogen-bond acceptors (Lipinski definition) is 5. The van der Waals surface area contributed by atoms with Crippen LogP contribution in [0.15, 0.2) is 60.7 Å². The fraction of sp³-hybridized carbons (Fsp3) is 0.269. The highest BCUT2D eigenvalue weighted by molar-refractivity contribution is 7.80. The number of fused-ring (bicyclic) bond motifs is 1. The number of halogens is 1. The van der Waals surface area contributed by atoms with E-state index in [4.69, 9.17) is 42.8 Å². The molecule has 3 aromatic rings. The second-order valence-electron chi connectivity index (χ2n) is 7.74. The van der Waals surface area contributed by atoms with Crippen molar-refractivity contribution in [2.45, 2.75) is 12.5 Å². The lowest BCUT2D eigenvalue weighted by Crippen LogP contribution is -2.44. The molecule has 8 heteroatoms. The Morgan fingerprint density at radius 3 is 2.29 bits per heavy atom. The lowest BCUT2D eigenvalue weighted by atomic mass is 9.92. The highest BCUT2D eigenvalue weighted by atomic mass is 35.5. The van der Waals surface area contributed by atoms with Gasteiger partial charge in [-0.25, -0.2) is 0 Å². The molecular formula is C26H27ClN2O4S. The van der Waals surface area contributed by atoms with Crippen molar-refractivity contribution in [3.05, 3.63) is 76.8 Å². The summed E-state index contributed by atoms with van der Waals surface area (Å²) in [5.41, 5.74) is 3.00. The van der Waals surface area contributed by atoms with Crippen molar-refractivity contribution in [1.82, 2.24) is 4.90 Å². The van der Waals surface area contributed by atoms with Crippen molar-refractivity contribution < 1.29 is 18.9 Å². The van der Waals surface area contributed by atoms with Gasteiger partial charge in [0, 0.05) is 6.54 Å². The summed E-state index contributed by atoms with van der Waals surface area (Å²) < 4.78 is 22.8. The molecule has 0 unspecified atom stereocenters. The van der Waals surface area contributed by atoms with Crippen LogP contribution < -0.4 is 24.3 Å². The van der Waals surface area contributed by atoms with Gasteiger partial charge in [0.05, 0.1) is 38.1 Å². The van der Waals surface area contributed by atoms with Crippen molar-refractivity contribution in [1.29, 1.82) is 0 Å². The lowest BCUT2D eigenvalue weighted by molar-refractivity contribution is 0.185. The molecule has 0 fully saturated rings. The van der Waals surface area contributed by atoms with E-state index in [2.05, 4.69) is 10.2 Å². The highest BCUT2D eigenvalue weighted by Crippen LogP contribution is 2.39. The Morgan fingerprint density at radius 1 is 0.941 bits per heavy atom. The van der Waals surface area contributed by atoms with E-state index in [0.717, 1.165) is 17.7 Å². The van der Waals surface area contributed by atoms with Gasteiger partial charge in [-0.3, -0.25) is 0 Å². The van der Waals surface area contributed by atoms with E-state index >= 15 is 0 Å². The van der Waals surface area contributed by atoms with Crippen molar-refractivity contribution in [3.63, 3.8) is 0 Å². The summed E-state index contributed by atoms with van der Waals surface area (Å²) in [6.45, 7) is 1.06. The number of ether oxygens (including phenoxy) is 4. The molecule has 0 bridgehead atoms. The Kier molecular flexibility index (Phi) is 7.65. The number of nitrogens with zero attached hydrogens (tertiary/aromatic N) is 1. The van der Waals surface area contributed by atoms with Crippen molar-refractivity contribution >= 4 is 34.6 Å². The molecule has 4 rings (SSSR count). The zero-order chi connectivity index (χ0) is 24.1. The van der Waals surface area contributed by atoms with Crippen LogP contribution in [0.1, 0.15) is 17.2 Å². The standard InChI is InChI=1S/C26H27ClN2O4S/c1-30-22-10-6-7-11-23(22)33-16-21-18-15-25(32-3)24(31-2)14-17(18)12-13-29(21)26(34)28-20-9-5-4-8-19(20)27/h4-11,14-15,21H,12-13,16H2,1-3H3,(H,28,34)/t21-/m0/s1. The van der Waals surface area contributed by atoms with Crippen LogP contribution in [0.3, 0.4) is 0 Å². The van der Waals surface area contributed by atoms with E-state index in [0.29, 0.717) is 46.3 Å². The van der Waals surface area contributed by atoms with Crippen molar-refractivity contribution in [3.8, 4) is 23.0 Å². The van der Waals surface area contributed by atoms with Gasteiger partial charge < -0.3 is 29.2 Å². The quantitative estimate of drug-likeness (QED) is 0.417. The van der Waals surface area contributed by atoms with E-state index < -0.39 is 0 Å². The van der Waals surface area contributed by atoms with E-state index in [1.165, 1.54) is 5.56 Å². The predicted molar refractivity (Wildman–Crippen MR) is 139 cm³/mol. The molecule has 0 saturated carbocycles. The number of benzene rings is 3. The third kappa shape index (κ3) is 5.00. The van der Waals surface area contributed by atoms with Gasteiger partial charge in [0.1, 0.15) is 6.61 Å². The van der Waals surface area contributed by atoms with Crippen LogP contribution in [0, 0.1) is 0 Å². The molecule has 1 N–H and O–H groups in total. The molecule has 178 valence electrons. The first-order valence-electron chi connectivity index (χ1n) is 10.9. The van der Waals surface area contributed by atoms with Crippen LogP contribution in [-0.4, -0.2) is 44.5 Å². The van der Waals surface area contributed by atoms with Crippen LogP contribution in [0.5, 0.6) is 23.0 Å². The van der Waals surface area contributed by atoms with Gasteiger partial charge in [0.2, 0.25) is 0 Å². The monoisotopic (exact) mass is 498 g/mol. The van der Waals surface area contributed by atoms with E-state index in [1.807, 2.05) is 60.7 Å². The fourth-order valence-corrected chi connectivity index (χ4v) is 4.62. The van der Waals surface area contributed by atoms with Gasteiger partial charge in [-0.2, -0.15) is 0 Å². The Bertz CT molecular complexity index is 1170. The summed E-state index contributed by atoms with van der Waals surface area (Å²) in [4.78, 5) is 2.13. The van der Waals surface area contributed by atoms with E-state index in [1.54, 1.807) is 21.3 Å². The van der Waals surface area contributed by atoms with Crippen LogP contribution >= 0.6 is 23.8 Å². The minimum atomic E-state index is -0.170. The average molecular weight is 499 g/mol. The second kappa shape index (κ2) is 10.8. The number of anilines is 1. The number of para-hydroxylation sites is 3. The molecule has 1 aliphatic heterocycles. The first-order valence-corrected chi connectivity index (χ1v) is 11.7. The summed E-state index contributed by atoms with van der Waals surface area (Å²) in [6.07, 6.45) is 0.797. The minimum Gasteiger partial charge on any atom is -0.493 e. The molecule has 3 aromatic carbocycles. The molecule has 0 aromatic heterocycles. The molecule has 0 aliphatic carbocycles. The van der Waals surface area contributed by atoms with Gasteiger partial charge in [-0.15, -0.1) is 0 Å². The molecule has 0 spiro atoms. The molecule has 1 atom stereocenters. The van der Waals surface area contributed by atoms with E-state index in [-0.39, 0.29) is 6.04 Å². The van der Waals surface area contributed by atoms with Gasteiger partial charge in [-0.1, -0.05) is 35.9 Å². The lowest BCUT2D eigenvalue weighted by Gasteiger charge is -2.39. The smallest absolute Gasteiger partial charge is 0.174 e. The second-order valence-corrected chi connectivity index (χ2v) is 8.53.